The van der Waals surface area contributed by atoms with Gasteiger partial charge in [0, 0.05) is 24.3 Å². The van der Waals surface area contributed by atoms with Crippen LogP contribution in [0, 0.1) is 5.82 Å². The molecule has 2 aromatic heterocycles. The highest BCUT2D eigenvalue weighted by Crippen LogP contribution is 2.25. The molecule has 5 heteroatoms. The fraction of sp³-hybridized carbons (Fsp3) is 0.294. The zero-order valence-electron chi connectivity index (χ0n) is 12.2. The molecule has 0 bridgehead atoms. The summed E-state index contributed by atoms with van der Waals surface area (Å²) in [4.78, 5) is 9.14. The summed E-state index contributed by atoms with van der Waals surface area (Å²) >= 11 is 0. The van der Waals surface area contributed by atoms with Gasteiger partial charge >= 0.3 is 0 Å². The first-order valence-corrected chi connectivity index (χ1v) is 7.62. The van der Waals surface area contributed by atoms with Crippen molar-refractivity contribution in [2.24, 2.45) is 0 Å². The molecule has 1 fully saturated rings. The second-order valence-electron chi connectivity index (χ2n) is 5.70. The molecule has 0 spiro atoms. The SMILES string of the molecule is Fc1cccc(-c2nc3cccnc3n2CC2CCCN2)c1. The average Bonchev–Trinajstić information content (AvgIpc) is 3.16. The number of fused-ring (bicyclic) bond motifs is 1. The molecule has 1 saturated heterocycles. The second-order valence-corrected chi connectivity index (χ2v) is 5.70. The summed E-state index contributed by atoms with van der Waals surface area (Å²) in [6, 6.07) is 10.8. The van der Waals surface area contributed by atoms with Crippen molar-refractivity contribution in [3.63, 3.8) is 0 Å². The summed E-state index contributed by atoms with van der Waals surface area (Å²) in [5.41, 5.74) is 2.49. The molecule has 112 valence electrons. The van der Waals surface area contributed by atoms with Crippen molar-refractivity contribution in [3.8, 4) is 11.4 Å². The Labute approximate surface area is 128 Å². The lowest BCUT2D eigenvalue weighted by Crippen LogP contribution is -2.27. The van der Waals surface area contributed by atoms with E-state index in [2.05, 4.69) is 19.9 Å². The maximum absolute atomic E-state index is 13.6. The van der Waals surface area contributed by atoms with E-state index in [0.717, 1.165) is 42.1 Å². The zero-order valence-corrected chi connectivity index (χ0v) is 12.2. The van der Waals surface area contributed by atoms with Crippen LogP contribution in [0.2, 0.25) is 0 Å². The van der Waals surface area contributed by atoms with Gasteiger partial charge in [-0.1, -0.05) is 12.1 Å². The molecular weight excluding hydrogens is 279 g/mol. The molecule has 3 heterocycles. The smallest absolute Gasteiger partial charge is 0.160 e. The maximum Gasteiger partial charge on any atom is 0.160 e. The van der Waals surface area contributed by atoms with Crippen LogP contribution in [0.25, 0.3) is 22.6 Å². The van der Waals surface area contributed by atoms with E-state index in [-0.39, 0.29) is 5.82 Å². The minimum Gasteiger partial charge on any atom is -0.312 e. The Bertz CT molecular complexity index is 805. The van der Waals surface area contributed by atoms with E-state index >= 15 is 0 Å². The highest BCUT2D eigenvalue weighted by Gasteiger charge is 2.20. The maximum atomic E-state index is 13.6. The van der Waals surface area contributed by atoms with E-state index in [4.69, 9.17) is 0 Å². The van der Waals surface area contributed by atoms with Gasteiger partial charge < -0.3 is 9.88 Å². The summed E-state index contributed by atoms with van der Waals surface area (Å²) in [6.45, 7) is 1.86. The van der Waals surface area contributed by atoms with E-state index < -0.39 is 0 Å². The van der Waals surface area contributed by atoms with Crippen molar-refractivity contribution < 1.29 is 4.39 Å². The van der Waals surface area contributed by atoms with E-state index in [9.17, 15) is 4.39 Å². The van der Waals surface area contributed by atoms with Gasteiger partial charge in [0.25, 0.3) is 0 Å². The largest absolute Gasteiger partial charge is 0.312 e. The first kappa shape index (κ1) is 13.4. The lowest BCUT2D eigenvalue weighted by Gasteiger charge is -2.14. The predicted octanol–water partition coefficient (Wildman–Crippen LogP) is 2.99. The van der Waals surface area contributed by atoms with Crippen molar-refractivity contribution in [2.75, 3.05) is 6.54 Å². The Morgan fingerprint density at radius 2 is 2.23 bits per heavy atom. The third kappa shape index (κ3) is 2.37. The van der Waals surface area contributed by atoms with Crippen LogP contribution >= 0.6 is 0 Å². The summed E-state index contributed by atoms with van der Waals surface area (Å²) in [7, 11) is 0. The molecule has 1 unspecified atom stereocenters. The normalized spacial score (nSPS) is 18.1. The monoisotopic (exact) mass is 296 g/mol. The standard InChI is InChI=1S/C17H17FN4/c18-13-5-1-4-12(10-13)16-21-15-7-3-9-20-17(15)22(16)11-14-6-2-8-19-14/h1,3-5,7,9-10,14,19H,2,6,8,11H2. The number of rotatable bonds is 3. The molecule has 1 N–H and O–H groups in total. The number of halogens is 1. The van der Waals surface area contributed by atoms with Crippen molar-refractivity contribution in [1.29, 1.82) is 0 Å². The number of hydrogen-bond donors (Lipinski definition) is 1. The molecular formula is C17H17FN4. The Balaban J connectivity index is 1.85. The Morgan fingerprint density at radius 3 is 3.05 bits per heavy atom. The Hall–Kier alpha value is -2.27. The molecule has 4 nitrogen and oxygen atoms in total. The molecule has 3 aromatic rings. The highest BCUT2D eigenvalue weighted by molar-refractivity contribution is 5.77. The number of aromatic nitrogens is 3. The number of pyridine rings is 1. The summed E-state index contributed by atoms with van der Waals surface area (Å²) in [5, 5.41) is 3.50. The van der Waals surface area contributed by atoms with E-state index in [1.54, 1.807) is 12.3 Å². The molecule has 1 aromatic carbocycles. The molecule has 1 aliphatic rings. The molecule has 22 heavy (non-hydrogen) atoms. The third-order valence-electron chi connectivity index (χ3n) is 4.15. The van der Waals surface area contributed by atoms with E-state index in [1.165, 1.54) is 18.6 Å². The Kier molecular flexibility index (Phi) is 3.35. The van der Waals surface area contributed by atoms with Crippen molar-refractivity contribution in [3.05, 3.63) is 48.4 Å². The van der Waals surface area contributed by atoms with Crippen molar-refractivity contribution >= 4 is 11.2 Å². The van der Waals surface area contributed by atoms with Gasteiger partial charge in [-0.05, 0) is 43.7 Å². The van der Waals surface area contributed by atoms with Gasteiger partial charge in [-0.15, -0.1) is 0 Å². The van der Waals surface area contributed by atoms with Gasteiger partial charge in [0.05, 0.1) is 0 Å². The van der Waals surface area contributed by atoms with Gasteiger partial charge in [-0.2, -0.15) is 0 Å². The number of imidazole rings is 1. The summed E-state index contributed by atoms with van der Waals surface area (Å²) in [5.74, 6) is 0.532. The predicted molar refractivity (Wildman–Crippen MR) is 83.9 cm³/mol. The minimum atomic E-state index is -0.247. The molecule has 0 aliphatic carbocycles. The molecule has 0 radical (unpaired) electrons. The molecule has 4 rings (SSSR count). The first-order valence-electron chi connectivity index (χ1n) is 7.62. The van der Waals surface area contributed by atoms with Gasteiger partial charge in [-0.3, -0.25) is 0 Å². The van der Waals surface area contributed by atoms with E-state index in [1.807, 2.05) is 18.2 Å². The zero-order chi connectivity index (χ0) is 14.9. The van der Waals surface area contributed by atoms with Crippen LogP contribution in [0.5, 0.6) is 0 Å². The topological polar surface area (TPSA) is 42.7 Å². The van der Waals surface area contributed by atoms with Crippen LogP contribution in [-0.2, 0) is 6.54 Å². The molecule has 1 atom stereocenters. The van der Waals surface area contributed by atoms with Crippen LogP contribution in [0.3, 0.4) is 0 Å². The quantitative estimate of drug-likeness (QED) is 0.808. The third-order valence-corrected chi connectivity index (χ3v) is 4.15. The number of benzene rings is 1. The lowest BCUT2D eigenvalue weighted by atomic mass is 10.2. The minimum absolute atomic E-state index is 0.247. The van der Waals surface area contributed by atoms with E-state index in [0.29, 0.717) is 6.04 Å². The van der Waals surface area contributed by atoms with Crippen LogP contribution in [0.1, 0.15) is 12.8 Å². The van der Waals surface area contributed by atoms with Crippen molar-refractivity contribution in [2.45, 2.75) is 25.4 Å². The molecule has 0 amide bonds. The van der Waals surface area contributed by atoms with Crippen LogP contribution in [-0.4, -0.2) is 27.1 Å². The second kappa shape index (κ2) is 5.50. The van der Waals surface area contributed by atoms with Gasteiger partial charge in [0.15, 0.2) is 5.65 Å². The fourth-order valence-electron chi connectivity index (χ4n) is 3.11. The molecule has 0 saturated carbocycles. The number of hydrogen-bond acceptors (Lipinski definition) is 3. The average molecular weight is 296 g/mol. The lowest BCUT2D eigenvalue weighted by molar-refractivity contribution is 0.518. The van der Waals surface area contributed by atoms with Crippen LogP contribution in [0.15, 0.2) is 42.6 Å². The van der Waals surface area contributed by atoms with Gasteiger partial charge in [-0.25, -0.2) is 14.4 Å². The highest BCUT2D eigenvalue weighted by atomic mass is 19.1. The van der Waals surface area contributed by atoms with Crippen LogP contribution in [0.4, 0.5) is 4.39 Å². The summed E-state index contributed by atoms with van der Waals surface area (Å²) < 4.78 is 15.7. The molecule has 1 aliphatic heterocycles. The van der Waals surface area contributed by atoms with Crippen molar-refractivity contribution in [1.82, 2.24) is 19.9 Å². The van der Waals surface area contributed by atoms with Gasteiger partial charge in [0.2, 0.25) is 0 Å². The van der Waals surface area contributed by atoms with Crippen LogP contribution < -0.4 is 5.32 Å². The first-order chi connectivity index (χ1) is 10.8. The summed E-state index contributed by atoms with van der Waals surface area (Å²) in [6.07, 6.45) is 4.12. The Morgan fingerprint density at radius 1 is 1.27 bits per heavy atom. The number of nitrogens with one attached hydrogen (secondary N) is 1. The fourth-order valence-corrected chi connectivity index (χ4v) is 3.11. The number of nitrogens with zero attached hydrogens (tertiary/aromatic N) is 3. The van der Waals surface area contributed by atoms with Gasteiger partial charge in [0.1, 0.15) is 17.2 Å².